The zero-order valence-electron chi connectivity index (χ0n) is 7.20. The lowest BCUT2D eigenvalue weighted by molar-refractivity contribution is 0.245. The summed E-state index contributed by atoms with van der Waals surface area (Å²) < 4.78 is 23.0. The molecule has 0 aromatic rings. The first-order valence-electron chi connectivity index (χ1n) is 4.53. The second-order valence-electron chi connectivity index (χ2n) is 3.33. The Bertz CT molecular complexity index is 143. The molecule has 0 aromatic carbocycles. The van der Waals surface area contributed by atoms with E-state index in [4.69, 9.17) is 4.55 Å². The molecule has 3 nitrogen and oxygen atoms in total. The summed E-state index contributed by atoms with van der Waals surface area (Å²) in [5.41, 5.74) is 0. The first kappa shape index (κ1) is 10.2. The minimum atomic E-state index is -2.07. The third-order valence-electron chi connectivity index (χ3n) is 2.43. The summed E-state index contributed by atoms with van der Waals surface area (Å²) in [5.74, 6) is 0.724. The largest absolute Gasteiger partial charge is 0.301 e. The van der Waals surface area contributed by atoms with Crippen molar-refractivity contribution in [3.8, 4) is 0 Å². The summed E-state index contributed by atoms with van der Waals surface area (Å²) in [4.78, 5) is 0. The topological polar surface area (TPSA) is 46.5 Å². The van der Waals surface area contributed by atoms with Crippen LogP contribution in [0.1, 0.15) is 38.5 Å². The molecule has 1 fully saturated rings. The Morgan fingerprint density at radius 1 is 1.33 bits per heavy atom. The molecule has 12 heavy (non-hydrogen) atoms. The molecule has 1 atom stereocenters. The number of rotatable bonds is 4. The van der Waals surface area contributed by atoms with Crippen molar-refractivity contribution < 1.29 is 12.9 Å². The van der Waals surface area contributed by atoms with E-state index in [1.165, 1.54) is 32.1 Å². The normalized spacial score (nSPS) is 22.4. The van der Waals surface area contributed by atoms with Crippen LogP contribution in [0, 0.1) is 5.92 Å². The van der Waals surface area contributed by atoms with Crippen molar-refractivity contribution in [1.29, 1.82) is 0 Å². The Hall–Kier alpha value is 0.0700. The maximum absolute atomic E-state index is 10.1. The van der Waals surface area contributed by atoms with Crippen LogP contribution in [0.5, 0.6) is 0 Å². The smallest absolute Gasteiger partial charge is 0.284 e. The van der Waals surface area contributed by atoms with Crippen molar-refractivity contribution in [1.82, 2.24) is 0 Å². The highest BCUT2D eigenvalue weighted by molar-refractivity contribution is 7.74. The first-order valence-corrected chi connectivity index (χ1v) is 5.56. The first-order chi connectivity index (χ1) is 5.79. The minimum absolute atomic E-state index is 0.424. The lowest BCUT2D eigenvalue weighted by Gasteiger charge is -2.20. The molecule has 0 spiro atoms. The van der Waals surface area contributed by atoms with Crippen molar-refractivity contribution in [2.24, 2.45) is 5.92 Å². The van der Waals surface area contributed by atoms with Gasteiger partial charge in [0.25, 0.3) is 0 Å². The van der Waals surface area contributed by atoms with Gasteiger partial charge in [0.1, 0.15) is 0 Å². The molecule has 0 bridgehead atoms. The maximum atomic E-state index is 10.1. The predicted molar refractivity (Wildman–Crippen MR) is 47.9 cm³/mol. The van der Waals surface area contributed by atoms with Crippen molar-refractivity contribution in [3.63, 3.8) is 0 Å². The van der Waals surface area contributed by atoms with E-state index in [1.807, 2.05) is 0 Å². The molecule has 1 aliphatic carbocycles. The van der Waals surface area contributed by atoms with Crippen LogP contribution in [-0.2, 0) is 15.5 Å². The van der Waals surface area contributed by atoms with Crippen molar-refractivity contribution in [2.75, 3.05) is 6.61 Å². The van der Waals surface area contributed by atoms with Gasteiger partial charge in [0.15, 0.2) is 0 Å². The fourth-order valence-electron chi connectivity index (χ4n) is 1.76. The second kappa shape index (κ2) is 5.67. The van der Waals surface area contributed by atoms with Crippen LogP contribution >= 0.6 is 0 Å². The van der Waals surface area contributed by atoms with E-state index in [2.05, 4.69) is 4.18 Å². The van der Waals surface area contributed by atoms with Crippen LogP contribution in [-0.4, -0.2) is 15.4 Å². The maximum Gasteiger partial charge on any atom is 0.301 e. The van der Waals surface area contributed by atoms with Crippen molar-refractivity contribution in [2.45, 2.75) is 38.5 Å². The molecule has 72 valence electrons. The second-order valence-corrected chi connectivity index (χ2v) is 4.00. The zero-order valence-corrected chi connectivity index (χ0v) is 8.02. The Kier molecular flexibility index (Phi) is 4.80. The SMILES string of the molecule is O=S(O)OCCC1CCCCC1. The molecule has 1 aliphatic rings. The molecule has 1 saturated carbocycles. The van der Waals surface area contributed by atoms with Crippen LogP contribution in [0.25, 0.3) is 0 Å². The predicted octanol–water partition coefficient (Wildman–Crippen LogP) is 2.11. The van der Waals surface area contributed by atoms with Crippen molar-refractivity contribution >= 4 is 11.4 Å². The van der Waals surface area contributed by atoms with E-state index in [0.29, 0.717) is 6.61 Å². The lowest BCUT2D eigenvalue weighted by atomic mass is 9.87. The Balaban J connectivity index is 2.01. The molecule has 0 aliphatic heterocycles. The quantitative estimate of drug-likeness (QED) is 0.694. The van der Waals surface area contributed by atoms with Gasteiger partial charge in [-0.25, -0.2) is 0 Å². The molecule has 1 N–H and O–H groups in total. The summed E-state index contributed by atoms with van der Waals surface area (Å²) in [6.07, 6.45) is 7.44. The average molecular weight is 192 g/mol. The van der Waals surface area contributed by atoms with Gasteiger partial charge in [-0.1, -0.05) is 32.1 Å². The molecule has 1 unspecified atom stereocenters. The van der Waals surface area contributed by atoms with Gasteiger partial charge in [0.2, 0.25) is 0 Å². The third-order valence-corrected chi connectivity index (χ3v) is 2.80. The van der Waals surface area contributed by atoms with Crippen LogP contribution in [0.4, 0.5) is 0 Å². The van der Waals surface area contributed by atoms with Crippen LogP contribution < -0.4 is 0 Å². The molecule has 4 heteroatoms. The fraction of sp³-hybridized carbons (Fsp3) is 1.00. The highest BCUT2D eigenvalue weighted by Crippen LogP contribution is 2.25. The van der Waals surface area contributed by atoms with Crippen LogP contribution in [0.2, 0.25) is 0 Å². The zero-order chi connectivity index (χ0) is 8.81. The summed E-state index contributed by atoms with van der Waals surface area (Å²) in [7, 11) is 0. The van der Waals surface area contributed by atoms with Crippen molar-refractivity contribution in [3.05, 3.63) is 0 Å². The van der Waals surface area contributed by atoms with Gasteiger partial charge in [-0.3, -0.25) is 8.74 Å². The molecule has 1 rings (SSSR count). The molecular weight excluding hydrogens is 176 g/mol. The minimum Gasteiger partial charge on any atom is -0.284 e. The van der Waals surface area contributed by atoms with E-state index in [-0.39, 0.29) is 0 Å². The fourth-order valence-corrected chi connectivity index (χ4v) is 2.00. The molecule has 0 amide bonds. The van der Waals surface area contributed by atoms with Gasteiger partial charge in [-0.05, 0) is 12.3 Å². The summed E-state index contributed by atoms with van der Waals surface area (Å²) in [6.45, 7) is 0.424. The third kappa shape index (κ3) is 4.18. The van der Waals surface area contributed by atoms with Crippen LogP contribution in [0.15, 0.2) is 0 Å². The van der Waals surface area contributed by atoms with Crippen LogP contribution in [0.3, 0.4) is 0 Å². The summed E-state index contributed by atoms with van der Waals surface area (Å²) in [5, 5.41) is 0. The number of hydrogen-bond donors (Lipinski definition) is 1. The van der Waals surface area contributed by atoms with Gasteiger partial charge in [0.05, 0.1) is 6.61 Å². The standard InChI is InChI=1S/C8H16O3S/c9-12(10)11-7-6-8-4-2-1-3-5-8/h8H,1-7H2,(H,9,10). The monoisotopic (exact) mass is 192 g/mol. The van der Waals surface area contributed by atoms with Gasteiger partial charge in [0, 0.05) is 0 Å². The Labute approximate surface area is 76.0 Å². The van der Waals surface area contributed by atoms with E-state index >= 15 is 0 Å². The molecule has 0 aromatic heterocycles. The highest BCUT2D eigenvalue weighted by atomic mass is 32.2. The van der Waals surface area contributed by atoms with E-state index in [9.17, 15) is 4.21 Å². The van der Waals surface area contributed by atoms with Gasteiger partial charge >= 0.3 is 11.4 Å². The molecule has 0 radical (unpaired) electrons. The molecule has 0 saturated heterocycles. The van der Waals surface area contributed by atoms with E-state index in [1.54, 1.807) is 0 Å². The molecular formula is C8H16O3S. The summed E-state index contributed by atoms with van der Waals surface area (Å²) in [6, 6.07) is 0. The Morgan fingerprint density at radius 2 is 2.00 bits per heavy atom. The van der Waals surface area contributed by atoms with Gasteiger partial charge < -0.3 is 0 Å². The lowest BCUT2D eigenvalue weighted by Crippen LogP contribution is -2.09. The number of hydrogen-bond acceptors (Lipinski definition) is 2. The molecule has 0 heterocycles. The summed E-state index contributed by atoms with van der Waals surface area (Å²) >= 11 is -2.07. The van der Waals surface area contributed by atoms with Gasteiger partial charge in [-0.15, -0.1) is 0 Å². The average Bonchev–Trinajstić information content (AvgIpc) is 2.05. The van der Waals surface area contributed by atoms with E-state index in [0.717, 1.165) is 12.3 Å². The highest BCUT2D eigenvalue weighted by Gasteiger charge is 2.13. The Morgan fingerprint density at radius 3 is 2.58 bits per heavy atom. The van der Waals surface area contributed by atoms with Gasteiger partial charge in [-0.2, -0.15) is 4.21 Å². The van der Waals surface area contributed by atoms with E-state index < -0.39 is 11.4 Å².